The Balaban J connectivity index is 1.63. The third-order valence-corrected chi connectivity index (χ3v) is 3.96. The van der Waals surface area contributed by atoms with Crippen molar-refractivity contribution in [2.24, 2.45) is 0 Å². The molecule has 26 heavy (non-hydrogen) atoms. The van der Waals surface area contributed by atoms with Crippen molar-refractivity contribution in [1.82, 2.24) is 25.1 Å². The van der Waals surface area contributed by atoms with Gasteiger partial charge >= 0.3 is 0 Å². The van der Waals surface area contributed by atoms with Gasteiger partial charge in [-0.2, -0.15) is 4.98 Å². The molecule has 0 unspecified atom stereocenters. The Morgan fingerprint density at radius 2 is 1.85 bits per heavy atom. The lowest BCUT2D eigenvalue weighted by atomic mass is 10.2. The highest BCUT2D eigenvalue weighted by Gasteiger charge is 2.18. The molecule has 0 aliphatic rings. The van der Waals surface area contributed by atoms with Crippen LogP contribution in [0.3, 0.4) is 0 Å². The third kappa shape index (κ3) is 2.97. The molecule has 0 N–H and O–H groups in total. The molecule has 8 heteroatoms. The van der Waals surface area contributed by atoms with E-state index in [1.54, 1.807) is 4.68 Å². The molecule has 0 bridgehead atoms. The summed E-state index contributed by atoms with van der Waals surface area (Å²) in [5.41, 5.74) is 2.62. The van der Waals surface area contributed by atoms with Crippen molar-refractivity contribution in [3.8, 4) is 23.0 Å². The van der Waals surface area contributed by atoms with E-state index in [0.717, 1.165) is 23.4 Å². The van der Waals surface area contributed by atoms with Gasteiger partial charge in [0.05, 0.1) is 12.2 Å². The minimum absolute atomic E-state index is 0.0795. The van der Waals surface area contributed by atoms with E-state index in [2.05, 4.69) is 20.5 Å². The second-order valence-corrected chi connectivity index (χ2v) is 5.72. The number of hydrogen-bond donors (Lipinski definition) is 0. The van der Waals surface area contributed by atoms with Gasteiger partial charge in [-0.05, 0) is 30.7 Å². The van der Waals surface area contributed by atoms with Crippen molar-refractivity contribution in [3.63, 3.8) is 0 Å². The van der Waals surface area contributed by atoms with E-state index in [1.165, 1.54) is 6.07 Å². The maximum Gasteiger partial charge on any atom is 0.258 e. The summed E-state index contributed by atoms with van der Waals surface area (Å²) < 4.78 is 33.3. The van der Waals surface area contributed by atoms with Crippen LogP contribution < -0.4 is 0 Å². The van der Waals surface area contributed by atoms with Crippen molar-refractivity contribution in [3.05, 3.63) is 71.4 Å². The van der Waals surface area contributed by atoms with Crippen molar-refractivity contribution in [1.29, 1.82) is 0 Å². The number of nitrogens with zero attached hydrogens (tertiary/aromatic N) is 5. The molecule has 0 radical (unpaired) electrons. The number of halogens is 2. The second kappa shape index (κ2) is 6.47. The summed E-state index contributed by atoms with van der Waals surface area (Å²) in [7, 11) is 0. The lowest BCUT2D eigenvalue weighted by Gasteiger charge is -2.02. The molecule has 0 fully saturated rings. The standard InChI is InChI=1S/C18H13F2N5O/c1-11-16(22-24-25(11)10-12-5-3-2-4-6-12)17-21-18(26-23-17)13-7-8-14(19)15(20)9-13/h2-9H,10H2,1H3. The Hall–Kier alpha value is -3.42. The van der Waals surface area contributed by atoms with E-state index in [0.29, 0.717) is 12.2 Å². The fraction of sp³-hybridized carbons (Fsp3) is 0.111. The quantitative estimate of drug-likeness (QED) is 0.560. The van der Waals surface area contributed by atoms with Crippen LogP contribution in [0, 0.1) is 18.6 Å². The molecule has 6 nitrogen and oxygen atoms in total. The smallest absolute Gasteiger partial charge is 0.258 e. The Labute approximate surface area is 147 Å². The molecule has 4 aromatic rings. The topological polar surface area (TPSA) is 69.6 Å². The monoisotopic (exact) mass is 353 g/mol. The maximum absolute atomic E-state index is 13.4. The van der Waals surface area contributed by atoms with E-state index < -0.39 is 11.6 Å². The highest BCUT2D eigenvalue weighted by molar-refractivity contribution is 5.58. The zero-order chi connectivity index (χ0) is 18.1. The Kier molecular flexibility index (Phi) is 4.00. The van der Waals surface area contributed by atoms with E-state index in [1.807, 2.05) is 37.3 Å². The van der Waals surface area contributed by atoms with Crippen LogP contribution in [0.2, 0.25) is 0 Å². The number of benzene rings is 2. The van der Waals surface area contributed by atoms with Crippen LogP contribution in [0.25, 0.3) is 23.0 Å². The molecule has 130 valence electrons. The number of hydrogen-bond acceptors (Lipinski definition) is 5. The van der Waals surface area contributed by atoms with Crippen LogP contribution in [-0.4, -0.2) is 25.1 Å². The van der Waals surface area contributed by atoms with Crippen molar-refractivity contribution < 1.29 is 13.3 Å². The summed E-state index contributed by atoms with van der Waals surface area (Å²) in [6.07, 6.45) is 0. The van der Waals surface area contributed by atoms with Crippen molar-refractivity contribution in [2.45, 2.75) is 13.5 Å². The van der Waals surface area contributed by atoms with Crippen molar-refractivity contribution in [2.75, 3.05) is 0 Å². The SMILES string of the molecule is Cc1c(-c2noc(-c3ccc(F)c(F)c3)n2)nnn1Cc1ccccc1. The average Bonchev–Trinajstić information content (AvgIpc) is 3.26. The molecule has 4 rings (SSSR count). The Bertz CT molecular complexity index is 1060. The van der Waals surface area contributed by atoms with Gasteiger partial charge in [-0.1, -0.05) is 40.7 Å². The summed E-state index contributed by atoms with van der Waals surface area (Å²) in [6.45, 7) is 2.42. The van der Waals surface area contributed by atoms with Gasteiger partial charge in [0.25, 0.3) is 5.89 Å². The second-order valence-electron chi connectivity index (χ2n) is 5.72. The summed E-state index contributed by atoms with van der Waals surface area (Å²) >= 11 is 0. The fourth-order valence-electron chi connectivity index (χ4n) is 2.54. The highest BCUT2D eigenvalue weighted by Crippen LogP contribution is 2.24. The van der Waals surface area contributed by atoms with Crippen LogP contribution in [0.4, 0.5) is 8.78 Å². The van der Waals surface area contributed by atoms with Gasteiger partial charge in [0.1, 0.15) is 0 Å². The van der Waals surface area contributed by atoms with Gasteiger partial charge in [-0.3, -0.25) is 0 Å². The Morgan fingerprint density at radius 1 is 1.04 bits per heavy atom. The molecule has 0 spiro atoms. The summed E-state index contributed by atoms with van der Waals surface area (Å²) in [4.78, 5) is 4.22. The summed E-state index contributed by atoms with van der Waals surface area (Å²) in [5.74, 6) is -1.60. The minimum Gasteiger partial charge on any atom is -0.334 e. The molecule has 0 amide bonds. The summed E-state index contributed by atoms with van der Waals surface area (Å²) in [6, 6.07) is 13.2. The van der Waals surface area contributed by atoms with Crippen LogP contribution in [-0.2, 0) is 6.54 Å². The van der Waals surface area contributed by atoms with Gasteiger partial charge in [0.2, 0.25) is 5.82 Å². The number of aromatic nitrogens is 5. The molecule has 0 saturated heterocycles. The number of rotatable bonds is 4. The first-order valence-corrected chi connectivity index (χ1v) is 7.85. The predicted molar refractivity (Wildman–Crippen MR) is 88.9 cm³/mol. The van der Waals surface area contributed by atoms with Gasteiger partial charge in [-0.25, -0.2) is 13.5 Å². The predicted octanol–water partition coefficient (Wildman–Crippen LogP) is 3.63. The molecule has 2 aromatic heterocycles. The molecule has 0 aliphatic heterocycles. The lowest BCUT2D eigenvalue weighted by Crippen LogP contribution is -2.03. The third-order valence-electron chi connectivity index (χ3n) is 3.96. The van der Waals surface area contributed by atoms with Crippen LogP contribution in [0.1, 0.15) is 11.3 Å². The normalized spacial score (nSPS) is 11.0. The Morgan fingerprint density at radius 3 is 2.62 bits per heavy atom. The van der Waals surface area contributed by atoms with E-state index in [9.17, 15) is 8.78 Å². The molecule has 2 heterocycles. The molecule has 0 aliphatic carbocycles. The zero-order valence-corrected chi connectivity index (χ0v) is 13.7. The zero-order valence-electron chi connectivity index (χ0n) is 13.7. The van der Waals surface area contributed by atoms with Crippen LogP contribution >= 0.6 is 0 Å². The molecule has 0 atom stereocenters. The molecule has 2 aromatic carbocycles. The van der Waals surface area contributed by atoms with Gasteiger partial charge in [-0.15, -0.1) is 5.10 Å². The lowest BCUT2D eigenvalue weighted by molar-refractivity contribution is 0.431. The molecular weight excluding hydrogens is 340 g/mol. The fourth-order valence-corrected chi connectivity index (χ4v) is 2.54. The minimum atomic E-state index is -0.979. The van der Waals surface area contributed by atoms with E-state index in [4.69, 9.17) is 4.52 Å². The average molecular weight is 353 g/mol. The highest BCUT2D eigenvalue weighted by atomic mass is 19.2. The van der Waals surface area contributed by atoms with Gasteiger partial charge in [0.15, 0.2) is 17.3 Å². The summed E-state index contributed by atoms with van der Waals surface area (Å²) in [5, 5.41) is 12.1. The van der Waals surface area contributed by atoms with Crippen LogP contribution in [0.5, 0.6) is 0 Å². The van der Waals surface area contributed by atoms with Gasteiger partial charge in [0, 0.05) is 5.56 Å². The first-order valence-electron chi connectivity index (χ1n) is 7.85. The van der Waals surface area contributed by atoms with E-state index >= 15 is 0 Å². The molecular formula is C18H13F2N5O. The molecule has 0 saturated carbocycles. The first kappa shape index (κ1) is 16.1. The van der Waals surface area contributed by atoms with Crippen molar-refractivity contribution >= 4 is 0 Å². The van der Waals surface area contributed by atoms with Gasteiger partial charge < -0.3 is 4.52 Å². The van der Waals surface area contributed by atoms with Crippen LogP contribution in [0.15, 0.2) is 53.1 Å². The van der Waals surface area contributed by atoms with E-state index in [-0.39, 0.29) is 17.3 Å². The first-order chi connectivity index (χ1) is 12.6. The largest absolute Gasteiger partial charge is 0.334 e. The maximum atomic E-state index is 13.4.